The summed E-state index contributed by atoms with van der Waals surface area (Å²) < 4.78 is 6.97. The third-order valence-electron chi connectivity index (χ3n) is 3.12. The molecular formula is C18H18N2O3. The number of aromatic nitrogens is 2. The standard InChI is InChI=1S/C18H18N2O3/c1-4-5-6-7-13(2)23-15-10-8-14(9-11-15)17-19-12-16(21)18(22)20(17)3/h4-12,21H,1H2,2-3H3. The van der Waals surface area contributed by atoms with Gasteiger partial charge in [-0.15, -0.1) is 0 Å². The molecule has 0 unspecified atom stereocenters. The van der Waals surface area contributed by atoms with Crippen LogP contribution in [0.4, 0.5) is 0 Å². The normalized spacial score (nSPS) is 11.7. The molecule has 1 N–H and O–H groups in total. The second kappa shape index (κ2) is 7.26. The first kappa shape index (κ1) is 16.3. The predicted molar refractivity (Wildman–Crippen MR) is 90.3 cm³/mol. The summed E-state index contributed by atoms with van der Waals surface area (Å²) in [6.45, 7) is 5.45. The lowest BCUT2D eigenvalue weighted by Gasteiger charge is -2.09. The molecule has 0 saturated carbocycles. The van der Waals surface area contributed by atoms with Gasteiger partial charge in [0.2, 0.25) is 0 Å². The minimum Gasteiger partial charge on any atom is -0.502 e. The highest BCUT2D eigenvalue weighted by Crippen LogP contribution is 2.21. The summed E-state index contributed by atoms with van der Waals surface area (Å²) in [6.07, 6.45) is 8.33. The van der Waals surface area contributed by atoms with E-state index >= 15 is 0 Å². The van der Waals surface area contributed by atoms with E-state index in [0.717, 1.165) is 17.5 Å². The zero-order valence-electron chi connectivity index (χ0n) is 13.1. The number of hydrogen-bond donors (Lipinski definition) is 1. The van der Waals surface area contributed by atoms with Crippen LogP contribution in [-0.2, 0) is 7.05 Å². The highest BCUT2D eigenvalue weighted by atomic mass is 16.5. The zero-order valence-corrected chi connectivity index (χ0v) is 13.1. The fourth-order valence-corrected chi connectivity index (χ4v) is 1.96. The number of aromatic hydroxyl groups is 1. The number of nitrogens with zero attached hydrogens (tertiary/aromatic N) is 2. The molecule has 1 aromatic carbocycles. The van der Waals surface area contributed by atoms with Crippen molar-refractivity contribution in [1.82, 2.24) is 9.55 Å². The van der Waals surface area contributed by atoms with E-state index in [1.165, 1.54) is 4.57 Å². The molecule has 2 rings (SSSR count). The molecule has 0 aliphatic heterocycles. The Balaban J connectivity index is 2.22. The summed E-state index contributed by atoms with van der Waals surface area (Å²) in [6, 6.07) is 7.20. The number of benzene rings is 1. The Morgan fingerprint density at radius 1 is 1.30 bits per heavy atom. The third kappa shape index (κ3) is 3.97. The van der Waals surface area contributed by atoms with Gasteiger partial charge in [0, 0.05) is 12.6 Å². The van der Waals surface area contributed by atoms with Crippen LogP contribution in [0.1, 0.15) is 6.92 Å². The van der Waals surface area contributed by atoms with Gasteiger partial charge in [0.05, 0.1) is 6.20 Å². The van der Waals surface area contributed by atoms with E-state index in [2.05, 4.69) is 11.6 Å². The molecule has 0 amide bonds. The SMILES string of the molecule is C=CC=CC=C(C)Oc1ccc(-c2ncc(O)c(=O)n2C)cc1. The van der Waals surface area contributed by atoms with Crippen molar-refractivity contribution < 1.29 is 9.84 Å². The van der Waals surface area contributed by atoms with Gasteiger partial charge in [-0.3, -0.25) is 9.36 Å². The lowest BCUT2D eigenvalue weighted by Crippen LogP contribution is -2.18. The van der Waals surface area contributed by atoms with Crippen molar-refractivity contribution in [3.05, 3.63) is 77.5 Å². The summed E-state index contributed by atoms with van der Waals surface area (Å²) in [5.74, 6) is 1.52. The molecule has 5 heteroatoms. The van der Waals surface area contributed by atoms with E-state index < -0.39 is 5.56 Å². The lowest BCUT2D eigenvalue weighted by molar-refractivity contribution is 0.428. The Morgan fingerprint density at radius 2 is 2.00 bits per heavy atom. The van der Waals surface area contributed by atoms with Gasteiger partial charge in [0.15, 0.2) is 5.75 Å². The van der Waals surface area contributed by atoms with Crippen molar-refractivity contribution >= 4 is 0 Å². The Morgan fingerprint density at radius 3 is 2.65 bits per heavy atom. The smallest absolute Gasteiger partial charge is 0.295 e. The van der Waals surface area contributed by atoms with Crippen molar-refractivity contribution in [2.45, 2.75) is 6.92 Å². The molecule has 0 aliphatic rings. The van der Waals surface area contributed by atoms with E-state index in [9.17, 15) is 9.90 Å². The van der Waals surface area contributed by atoms with Gasteiger partial charge in [-0.25, -0.2) is 4.98 Å². The van der Waals surface area contributed by atoms with E-state index in [0.29, 0.717) is 11.6 Å². The number of rotatable bonds is 5. The highest BCUT2D eigenvalue weighted by molar-refractivity contribution is 5.57. The maximum Gasteiger partial charge on any atom is 0.295 e. The fraction of sp³-hybridized carbons (Fsp3) is 0.111. The van der Waals surface area contributed by atoms with E-state index in [-0.39, 0.29) is 5.75 Å². The van der Waals surface area contributed by atoms with Crippen molar-refractivity contribution in [1.29, 1.82) is 0 Å². The quantitative estimate of drug-likeness (QED) is 0.680. The van der Waals surface area contributed by atoms with Crippen molar-refractivity contribution in [2.24, 2.45) is 7.05 Å². The average Bonchev–Trinajstić information content (AvgIpc) is 2.54. The van der Waals surface area contributed by atoms with Gasteiger partial charge in [-0.2, -0.15) is 0 Å². The Bertz CT molecular complexity index is 815. The molecule has 0 spiro atoms. The average molecular weight is 310 g/mol. The minimum atomic E-state index is -0.483. The van der Waals surface area contributed by atoms with Crippen molar-refractivity contribution in [2.75, 3.05) is 0 Å². The van der Waals surface area contributed by atoms with Crippen LogP contribution in [0.2, 0.25) is 0 Å². The Labute approximate surface area is 134 Å². The highest BCUT2D eigenvalue weighted by Gasteiger charge is 2.08. The monoisotopic (exact) mass is 310 g/mol. The van der Waals surface area contributed by atoms with Gasteiger partial charge in [-0.05, 0) is 37.3 Å². The molecule has 1 aromatic heterocycles. The van der Waals surface area contributed by atoms with Gasteiger partial charge in [0.1, 0.15) is 17.3 Å². The summed E-state index contributed by atoms with van der Waals surface area (Å²) >= 11 is 0. The lowest BCUT2D eigenvalue weighted by atomic mass is 10.2. The zero-order chi connectivity index (χ0) is 16.8. The number of allylic oxidation sites excluding steroid dienone is 5. The largest absolute Gasteiger partial charge is 0.502 e. The summed E-state index contributed by atoms with van der Waals surface area (Å²) in [4.78, 5) is 15.8. The molecule has 118 valence electrons. The number of hydrogen-bond acceptors (Lipinski definition) is 4. The molecule has 23 heavy (non-hydrogen) atoms. The Kier molecular flexibility index (Phi) is 5.15. The molecule has 0 radical (unpaired) electrons. The Hall–Kier alpha value is -3.08. The van der Waals surface area contributed by atoms with Crippen LogP contribution >= 0.6 is 0 Å². The minimum absolute atomic E-state index is 0.371. The van der Waals surface area contributed by atoms with Crippen molar-refractivity contribution in [3.63, 3.8) is 0 Å². The summed E-state index contributed by atoms with van der Waals surface area (Å²) in [7, 11) is 1.56. The van der Waals surface area contributed by atoms with Crippen LogP contribution in [0.5, 0.6) is 11.5 Å². The first-order valence-corrected chi connectivity index (χ1v) is 7.02. The summed E-state index contributed by atoms with van der Waals surface area (Å²) in [5.41, 5.74) is 0.272. The number of ether oxygens (including phenoxy) is 1. The molecule has 0 saturated heterocycles. The second-order valence-corrected chi connectivity index (χ2v) is 4.86. The first-order chi connectivity index (χ1) is 11.0. The maximum absolute atomic E-state index is 11.7. The molecule has 1 heterocycles. The van der Waals surface area contributed by atoms with Gasteiger partial charge in [0.25, 0.3) is 5.56 Å². The molecule has 0 fully saturated rings. The van der Waals surface area contributed by atoms with Crippen LogP contribution in [0.3, 0.4) is 0 Å². The maximum atomic E-state index is 11.7. The molecule has 2 aromatic rings. The van der Waals surface area contributed by atoms with Crippen molar-refractivity contribution in [3.8, 4) is 22.9 Å². The van der Waals surface area contributed by atoms with Crippen LogP contribution in [-0.4, -0.2) is 14.7 Å². The van der Waals surface area contributed by atoms with E-state index in [1.54, 1.807) is 37.4 Å². The van der Waals surface area contributed by atoms with Crippen LogP contribution < -0.4 is 10.3 Å². The second-order valence-electron chi connectivity index (χ2n) is 4.86. The van der Waals surface area contributed by atoms with Crippen LogP contribution in [0.25, 0.3) is 11.4 Å². The predicted octanol–water partition coefficient (Wildman–Crippen LogP) is 3.18. The van der Waals surface area contributed by atoms with Gasteiger partial charge >= 0.3 is 0 Å². The summed E-state index contributed by atoms with van der Waals surface area (Å²) in [5, 5.41) is 9.37. The van der Waals surface area contributed by atoms with E-state index in [4.69, 9.17) is 4.74 Å². The van der Waals surface area contributed by atoms with Crippen LogP contribution in [0.15, 0.2) is 71.9 Å². The van der Waals surface area contributed by atoms with E-state index in [1.807, 2.05) is 25.2 Å². The van der Waals surface area contributed by atoms with Crippen LogP contribution in [0, 0.1) is 0 Å². The first-order valence-electron chi connectivity index (χ1n) is 7.02. The molecule has 0 atom stereocenters. The van der Waals surface area contributed by atoms with Gasteiger partial charge in [-0.1, -0.05) is 24.8 Å². The fourth-order valence-electron chi connectivity index (χ4n) is 1.96. The molecule has 0 aliphatic carbocycles. The third-order valence-corrected chi connectivity index (χ3v) is 3.12. The van der Waals surface area contributed by atoms with Gasteiger partial charge < -0.3 is 9.84 Å². The molecule has 5 nitrogen and oxygen atoms in total. The molecular weight excluding hydrogens is 292 g/mol. The topological polar surface area (TPSA) is 64.3 Å². The molecule has 0 bridgehead atoms.